The van der Waals surface area contributed by atoms with E-state index < -0.39 is 47.3 Å². The van der Waals surface area contributed by atoms with Gasteiger partial charge in [-0.15, -0.1) is 0 Å². The third-order valence-electron chi connectivity index (χ3n) is 6.10. The van der Waals surface area contributed by atoms with Crippen LogP contribution in [0.3, 0.4) is 0 Å². The lowest BCUT2D eigenvalue weighted by molar-refractivity contribution is -0.149. The average molecular weight is 501 g/mol. The van der Waals surface area contributed by atoms with Gasteiger partial charge >= 0.3 is 24.0 Å². The molecule has 0 saturated heterocycles. The number of ether oxygens (including phenoxy) is 4. The smallest absolute Gasteiger partial charge is 0.407 e. The minimum atomic E-state index is -0.864. The number of carbonyl (C=O) groups is 5. The van der Waals surface area contributed by atoms with Gasteiger partial charge in [0.15, 0.2) is 0 Å². The van der Waals surface area contributed by atoms with E-state index in [2.05, 4.69) is 24.5 Å². The molecule has 0 aliphatic heterocycles. The Morgan fingerprint density at radius 2 is 1.37 bits per heavy atom. The number of esters is 3. The number of amides is 2. The van der Waals surface area contributed by atoms with Crippen LogP contribution in [0, 0.1) is 16.7 Å². The Labute approximate surface area is 206 Å². The SMILES string of the molecule is CC(=O)OCC(C)OC(=O)NCC1(C)CCC(C)(C)CC1NC(=O)C(COC(C)=O)COC(C)=O. The minimum Gasteiger partial charge on any atom is -0.465 e. The highest BCUT2D eigenvalue weighted by Crippen LogP contribution is 2.44. The van der Waals surface area contributed by atoms with E-state index in [1.54, 1.807) is 6.92 Å². The maximum absolute atomic E-state index is 13.1. The van der Waals surface area contributed by atoms with E-state index in [9.17, 15) is 24.0 Å². The van der Waals surface area contributed by atoms with Crippen molar-refractivity contribution < 1.29 is 42.9 Å². The van der Waals surface area contributed by atoms with Crippen LogP contribution in [0.15, 0.2) is 0 Å². The summed E-state index contributed by atoms with van der Waals surface area (Å²) in [6.45, 7) is 11.3. The highest BCUT2D eigenvalue weighted by atomic mass is 16.6. The van der Waals surface area contributed by atoms with Crippen molar-refractivity contribution in [3.05, 3.63) is 0 Å². The third kappa shape index (κ3) is 11.4. The molecule has 1 fully saturated rings. The summed E-state index contributed by atoms with van der Waals surface area (Å²) in [5, 5.41) is 5.80. The molecule has 11 heteroatoms. The molecule has 0 bridgehead atoms. The van der Waals surface area contributed by atoms with Crippen LogP contribution in [0.25, 0.3) is 0 Å². The fourth-order valence-electron chi connectivity index (χ4n) is 3.83. The van der Waals surface area contributed by atoms with Gasteiger partial charge in [0.2, 0.25) is 5.91 Å². The molecule has 200 valence electrons. The molecule has 0 heterocycles. The van der Waals surface area contributed by atoms with Crippen molar-refractivity contribution in [3.63, 3.8) is 0 Å². The Kier molecular flexibility index (Phi) is 11.5. The van der Waals surface area contributed by atoms with Gasteiger partial charge in [-0.2, -0.15) is 0 Å². The lowest BCUT2D eigenvalue weighted by atomic mass is 9.62. The molecule has 0 aromatic heterocycles. The maximum Gasteiger partial charge on any atom is 0.407 e. The van der Waals surface area contributed by atoms with E-state index in [0.717, 1.165) is 12.8 Å². The topological polar surface area (TPSA) is 146 Å². The third-order valence-corrected chi connectivity index (χ3v) is 6.10. The van der Waals surface area contributed by atoms with Gasteiger partial charge < -0.3 is 29.6 Å². The van der Waals surface area contributed by atoms with E-state index in [0.29, 0.717) is 6.42 Å². The van der Waals surface area contributed by atoms with E-state index >= 15 is 0 Å². The molecular formula is C24H40N2O9. The Balaban J connectivity index is 2.86. The van der Waals surface area contributed by atoms with Crippen LogP contribution < -0.4 is 10.6 Å². The van der Waals surface area contributed by atoms with Gasteiger partial charge in [-0.05, 0) is 31.6 Å². The molecular weight excluding hydrogens is 460 g/mol. The van der Waals surface area contributed by atoms with Crippen molar-refractivity contribution in [3.8, 4) is 0 Å². The number of carbonyl (C=O) groups excluding carboxylic acids is 5. The van der Waals surface area contributed by atoms with Crippen molar-refractivity contribution in [1.29, 1.82) is 0 Å². The summed E-state index contributed by atoms with van der Waals surface area (Å²) < 4.78 is 20.1. The number of nitrogens with one attached hydrogen (secondary N) is 2. The fraction of sp³-hybridized carbons (Fsp3) is 0.792. The summed E-state index contributed by atoms with van der Waals surface area (Å²) in [6, 6.07) is -0.310. The lowest BCUT2D eigenvalue weighted by Gasteiger charge is -2.48. The van der Waals surface area contributed by atoms with Crippen LogP contribution in [0.2, 0.25) is 0 Å². The molecule has 0 radical (unpaired) electrons. The molecule has 3 unspecified atom stereocenters. The molecule has 0 aromatic carbocycles. The molecule has 1 saturated carbocycles. The molecule has 11 nitrogen and oxygen atoms in total. The first-order chi connectivity index (χ1) is 16.1. The fourth-order valence-corrected chi connectivity index (χ4v) is 3.83. The largest absolute Gasteiger partial charge is 0.465 e. The second-order valence-electron chi connectivity index (χ2n) is 10.3. The van der Waals surface area contributed by atoms with E-state index in [1.165, 1.54) is 20.8 Å². The lowest BCUT2D eigenvalue weighted by Crippen LogP contribution is -2.57. The molecule has 0 aromatic rings. The Hall–Kier alpha value is -2.85. The summed E-state index contributed by atoms with van der Waals surface area (Å²) in [7, 11) is 0. The molecule has 2 N–H and O–H groups in total. The number of alkyl carbamates (subject to hydrolysis) is 1. The quantitative estimate of drug-likeness (QED) is 0.322. The summed E-state index contributed by atoms with van der Waals surface area (Å²) in [5.41, 5.74) is -0.533. The molecule has 1 aliphatic carbocycles. The molecule has 1 aliphatic rings. The second kappa shape index (κ2) is 13.3. The monoisotopic (exact) mass is 500 g/mol. The molecule has 1 rings (SSSR count). The van der Waals surface area contributed by atoms with Gasteiger partial charge in [-0.1, -0.05) is 20.8 Å². The molecule has 0 spiro atoms. The van der Waals surface area contributed by atoms with Crippen LogP contribution >= 0.6 is 0 Å². The normalized spacial score (nSPS) is 21.9. The van der Waals surface area contributed by atoms with Crippen molar-refractivity contribution in [1.82, 2.24) is 10.6 Å². The summed E-state index contributed by atoms with van der Waals surface area (Å²) in [5.74, 6) is -2.81. The molecule has 35 heavy (non-hydrogen) atoms. The maximum atomic E-state index is 13.1. The van der Waals surface area contributed by atoms with Crippen LogP contribution in [0.4, 0.5) is 4.79 Å². The first-order valence-electron chi connectivity index (χ1n) is 11.8. The first kappa shape index (κ1) is 30.2. The predicted octanol–water partition coefficient (Wildman–Crippen LogP) is 2.11. The van der Waals surface area contributed by atoms with Gasteiger partial charge in [0, 0.05) is 38.8 Å². The van der Waals surface area contributed by atoms with Gasteiger partial charge in [0.25, 0.3) is 0 Å². The minimum absolute atomic E-state index is 0.0427. The zero-order chi connectivity index (χ0) is 26.8. The second-order valence-corrected chi connectivity index (χ2v) is 10.3. The number of rotatable bonds is 11. The predicted molar refractivity (Wildman–Crippen MR) is 125 cm³/mol. The molecule has 3 atom stereocenters. The number of hydrogen-bond acceptors (Lipinski definition) is 9. The summed E-state index contributed by atoms with van der Waals surface area (Å²) in [6.07, 6.45) is 1.01. The van der Waals surface area contributed by atoms with Crippen molar-refractivity contribution in [2.24, 2.45) is 16.7 Å². The van der Waals surface area contributed by atoms with Gasteiger partial charge in [0.1, 0.15) is 31.8 Å². The average Bonchev–Trinajstić information content (AvgIpc) is 2.73. The van der Waals surface area contributed by atoms with Crippen molar-refractivity contribution >= 4 is 29.9 Å². The highest BCUT2D eigenvalue weighted by molar-refractivity contribution is 5.80. The Morgan fingerprint density at radius 1 is 0.857 bits per heavy atom. The first-order valence-corrected chi connectivity index (χ1v) is 11.8. The number of hydrogen-bond donors (Lipinski definition) is 2. The molecule has 2 amide bonds. The Bertz CT molecular complexity index is 765. The summed E-state index contributed by atoms with van der Waals surface area (Å²) in [4.78, 5) is 58.8. The standard InChI is InChI=1S/C24H40N2O9/c1-15(11-32-16(2)27)35-22(31)25-14-24(7)9-8-23(5,6)10-20(24)26-21(30)19(12-33-17(3)28)13-34-18(4)29/h15,19-20H,8-14H2,1-7H3,(H,25,31)(H,26,30). The van der Waals surface area contributed by atoms with Gasteiger partial charge in [0.05, 0.1) is 0 Å². The van der Waals surface area contributed by atoms with Crippen LogP contribution in [-0.2, 0) is 38.1 Å². The van der Waals surface area contributed by atoms with Crippen LogP contribution in [0.5, 0.6) is 0 Å². The van der Waals surface area contributed by atoms with Crippen molar-refractivity contribution in [2.45, 2.75) is 79.9 Å². The van der Waals surface area contributed by atoms with Crippen LogP contribution in [-0.4, -0.2) is 68.4 Å². The Morgan fingerprint density at radius 3 is 1.89 bits per heavy atom. The zero-order valence-electron chi connectivity index (χ0n) is 21.9. The zero-order valence-corrected chi connectivity index (χ0v) is 21.9. The van der Waals surface area contributed by atoms with E-state index in [4.69, 9.17) is 18.9 Å². The van der Waals surface area contributed by atoms with Crippen molar-refractivity contribution in [2.75, 3.05) is 26.4 Å². The van der Waals surface area contributed by atoms with Crippen LogP contribution in [0.1, 0.15) is 67.7 Å². The van der Waals surface area contributed by atoms with E-state index in [1.807, 2.05) is 6.92 Å². The van der Waals surface area contributed by atoms with Gasteiger partial charge in [-0.25, -0.2) is 4.79 Å². The highest BCUT2D eigenvalue weighted by Gasteiger charge is 2.44. The summed E-state index contributed by atoms with van der Waals surface area (Å²) >= 11 is 0. The van der Waals surface area contributed by atoms with Gasteiger partial charge in [-0.3, -0.25) is 19.2 Å². The van der Waals surface area contributed by atoms with E-state index in [-0.39, 0.29) is 37.8 Å².